The van der Waals surface area contributed by atoms with E-state index in [2.05, 4.69) is 5.16 Å². The molecule has 0 atom stereocenters. The van der Waals surface area contributed by atoms with E-state index < -0.39 is 18.9 Å². The molecule has 0 saturated carbocycles. The zero-order valence-electron chi connectivity index (χ0n) is 14.2. The van der Waals surface area contributed by atoms with E-state index in [-0.39, 0.29) is 9.79 Å². The fourth-order valence-corrected chi connectivity index (χ4v) is 3.72. The van der Waals surface area contributed by atoms with Crippen LogP contribution in [0.15, 0.2) is 62.8 Å². The Morgan fingerprint density at radius 3 is 2.00 bits per heavy atom. The highest BCUT2D eigenvalue weighted by Gasteiger charge is 2.18. The molecule has 0 aliphatic rings. The van der Waals surface area contributed by atoms with Gasteiger partial charge in [-0.15, -0.1) is 0 Å². The number of halogens is 1. The summed E-state index contributed by atoms with van der Waals surface area (Å²) in [7, 11) is -1.83. The molecule has 142 valence electrons. The Morgan fingerprint density at radius 2 is 1.48 bits per heavy atom. The van der Waals surface area contributed by atoms with Crippen molar-refractivity contribution in [1.82, 2.24) is 5.16 Å². The number of rotatable bonds is 5. The summed E-state index contributed by atoms with van der Waals surface area (Å²) in [6.07, 6.45) is 1.13. The van der Waals surface area contributed by atoms with Crippen molar-refractivity contribution in [3.05, 3.63) is 54.3 Å². The zero-order valence-corrected chi connectivity index (χ0v) is 16.6. The Labute approximate surface area is 160 Å². The Kier molecular flexibility index (Phi) is 5.02. The molecule has 0 saturated heterocycles. The van der Waals surface area contributed by atoms with Crippen molar-refractivity contribution >= 4 is 29.6 Å². The molecule has 0 unspecified atom stereocenters. The van der Waals surface area contributed by atoms with Gasteiger partial charge in [-0.25, -0.2) is 16.8 Å². The lowest BCUT2D eigenvalue weighted by Crippen LogP contribution is -1.96. The number of aromatic nitrogens is 1. The maximum atomic E-state index is 11.6. The van der Waals surface area contributed by atoms with Crippen LogP contribution >= 0.6 is 10.7 Å². The lowest BCUT2D eigenvalue weighted by atomic mass is 10.1. The molecule has 0 bridgehead atoms. The molecule has 3 aromatic rings. The van der Waals surface area contributed by atoms with Crippen molar-refractivity contribution in [1.29, 1.82) is 0 Å². The van der Waals surface area contributed by atoms with E-state index in [1.54, 1.807) is 19.1 Å². The first kappa shape index (κ1) is 19.4. The predicted octanol–water partition coefficient (Wildman–Crippen LogP) is 3.77. The van der Waals surface area contributed by atoms with Gasteiger partial charge in [0.15, 0.2) is 27.0 Å². The van der Waals surface area contributed by atoms with E-state index in [1.165, 1.54) is 36.4 Å². The Bertz CT molecular complexity index is 1180. The normalized spacial score (nSPS) is 12.1. The van der Waals surface area contributed by atoms with Gasteiger partial charge in [-0.2, -0.15) is 0 Å². The summed E-state index contributed by atoms with van der Waals surface area (Å²) in [4.78, 5) is 0.141. The van der Waals surface area contributed by atoms with Gasteiger partial charge < -0.3 is 9.26 Å². The minimum Gasteiger partial charge on any atom is -0.451 e. The monoisotopic (exact) mass is 427 g/mol. The van der Waals surface area contributed by atoms with Crippen LogP contribution in [0.5, 0.6) is 11.5 Å². The molecule has 0 aliphatic heterocycles. The largest absolute Gasteiger partial charge is 0.451 e. The highest BCUT2D eigenvalue weighted by Crippen LogP contribution is 2.36. The van der Waals surface area contributed by atoms with Gasteiger partial charge in [0, 0.05) is 29.4 Å². The maximum Gasteiger partial charge on any atom is 0.261 e. The van der Waals surface area contributed by atoms with Gasteiger partial charge in [0.2, 0.25) is 0 Å². The summed E-state index contributed by atoms with van der Waals surface area (Å²) < 4.78 is 56.8. The molecule has 0 radical (unpaired) electrons. The molecule has 0 aliphatic carbocycles. The first-order chi connectivity index (χ1) is 12.6. The summed E-state index contributed by atoms with van der Waals surface area (Å²) in [5.41, 5.74) is 0.996. The molecular formula is C17H14ClNO6S2. The average Bonchev–Trinajstić information content (AvgIpc) is 2.95. The van der Waals surface area contributed by atoms with Crippen LogP contribution in [0.2, 0.25) is 0 Å². The molecule has 3 rings (SSSR count). The molecule has 27 heavy (non-hydrogen) atoms. The second-order valence-electron chi connectivity index (χ2n) is 5.72. The first-order valence-electron chi connectivity index (χ1n) is 7.55. The van der Waals surface area contributed by atoms with Crippen molar-refractivity contribution in [3.63, 3.8) is 0 Å². The van der Waals surface area contributed by atoms with Crippen LogP contribution in [0.25, 0.3) is 11.3 Å². The fraction of sp³-hybridized carbons (Fsp3) is 0.118. The van der Waals surface area contributed by atoms with Gasteiger partial charge in [0.25, 0.3) is 9.05 Å². The summed E-state index contributed by atoms with van der Waals surface area (Å²) in [6, 6.07) is 11.7. The van der Waals surface area contributed by atoms with Crippen LogP contribution in [-0.2, 0) is 18.9 Å². The van der Waals surface area contributed by atoms with E-state index in [9.17, 15) is 16.8 Å². The molecule has 0 spiro atoms. The SMILES string of the molecule is Cc1onc(-c2ccc(S(C)(=O)=O)cc2)c1Oc1ccc(S(=O)(=O)Cl)cc1. The summed E-state index contributed by atoms with van der Waals surface area (Å²) in [5.74, 6) is 1.11. The van der Waals surface area contributed by atoms with Gasteiger partial charge in [-0.1, -0.05) is 17.3 Å². The lowest BCUT2D eigenvalue weighted by Gasteiger charge is -2.07. The van der Waals surface area contributed by atoms with Crippen LogP contribution in [0.4, 0.5) is 0 Å². The van der Waals surface area contributed by atoms with Gasteiger partial charge >= 0.3 is 0 Å². The number of sulfone groups is 1. The highest BCUT2D eigenvalue weighted by molar-refractivity contribution is 8.13. The zero-order chi connectivity index (χ0) is 19.8. The van der Waals surface area contributed by atoms with E-state index >= 15 is 0 Å². The van der Waals surface area contributed by atoms with Gasteiger partial charge in [0.1, 0.15) is 5.75 Å². The van der Waals surface area contributed by atoms with Gasteiger partial charge in [-0.05, 0) is 36.4 Å². The van der Waals surface area contributed by atoms with E-state index in [0.717, 1.165) is 6.26 Å². The van der Waals surface area contributed by atoms with E-state index in [1.807, 2.05) is 0 Å². The highest BCUT2D eigenvalue weighted by atomic mass is 35.7. The first-order valence-corrected chi connectivity index (χ1v) is 11.7. The summed E-state index contributed by atoms with van der Waals surface area (Å²) >= 11 is 0. The summed E-state index contributed by atoms with van der Waals surface area (Å²) in [5, 5.41) is 3.96. The molecular weight excluding hydrogens is 414 g/mol. The molecule has 1 aromatic heterocycles. The Morgan fingerprint density at radius 1 is 0.926 bits per heavy atom. The van der Waals surface area contributed by atoms with Crippen LogP contribution in [-0.4, -0.2) is 28.2 Å². The third-order valence-corrected chi connectivity index (χ3v) is 6.19. The molecule has 7 nitrogen and oxygen atoms in total. The predicted molar refractivity (Wildman–Crippen MR) is 99.3 cm³/mol. The number of aryl methyl sites for hydroxylation is 1. The van der Waals surface area contributed by atoms with Crippen LogP contribution in [0.3, 0.4) is 0 Å². The van der Waals surface area contributed by atoms with Crippen molar-refractivity contribution < 1.29 is 26.1 Å². The van der Waals surface area contributed by atoms with E-state index in [4.69, 9.17) is 19.9 Å². The van der Waals surface area contributed by atoms with Crippen molar-refractivity contribution in [2.45, 2.75) is 16.7 Å². The molecule has 1 heterocycles. The third kappa shape index (κ3) is 4.32. The molecule has 10 heteroatoms. The number of nitrogens with zero attached hydrogens (tertiary/aromatic N) is 1. The molecule has 0 fully saturated rings. The molecule has 2 aromatic carbocycles. The lowest BCUT2D eigenvalue weighted by molar-refractivity contribution is 0.387. The van der Waals surface area contributed by atoms with Gasteiger partial charge in [-0.3, -0.25) is 0 Å². The molecule has 0 amide bonds. The van der Waals surface area contributed by atoms with Crippen molar-refractivity contribution in [3.8, 4) is 22.8 Å². The van der Waals surface area contributed by atoms with Crippen LogP contribution in [0.1, 0.15) is 5.76 Å². The quantitative estimate of drug-likeness (QED) is 0.570. The van der Waals surface area contributed by atoms with Crippen LogP contribution in [0, 0.1) is 6.92 Å². The average molecular weight is 428 g/mol. The maximum absolute atomic E-state index is 11.6. The second kappa shape index (κ2) is 6.99. The fourth-order valence-electron chi connectivity index (χ4n) is 2.32. The third-order valence-electron chi connectivity index (χ3n) is 3.69. The van der Waals surface area contributed by atoms with Gasteiger partial charge in [0.05, 0.1) is 9.79 Å². The number of hydrogen-bond donors (Lipinski definition) is 0. The smallest absolute Gasteiger partial charge is 0.261 e. The number of ether oxygens (including phenoxy) is 1. The standard InChI is InChI=1S/C17H14ClNO6S2/c1-11-17(24-13-5-9-15(10-6-13)27(18,22)23)16(19-25-11)12-3-7-14(8-4-12)26(2,20)21/h3-10H,1-2H3. The molecule has 0 N–H and O–H groups in total. The van der Waals surface area contributed by atoms with Crippen molar-refractivity contribution in [2.24, 2.45) is 0 Å². The number of benzene rings is 2. The second-order valence-corrected chi connectivity index (χ2v) is 10.3. The minimum absolute atomic E-state index is 0.0462. The summed E-state index contributed by atoms with van der Waals surface area (Å²) in [6.45, 7) is 1.66. The Balaban J connectivity index is 1.93. The van der Waals surface area contributed by atoms with Crippen LogP contribution < -0.4 is 4.74 Å². The van der Waals surface area contributed by atoms with E-state index in [0.29, 0.717) is 28.5 Å². The topological polar surface area (TPSA) is 104 Å². The Hall–Kier alpha value is -2.36. The number of hydrogen-bond acceptors (Lipinski definition) is 7. The minimum atomic E-state index is -3.82. The van der Waals surface area contributed by atoms with Crippen molar-refractivity contribution in [2.75, 3.05) is 6.26 Å².